The Labute approximate surface area is 173 Å². The van der Waals surface area contributed by atoms with E-state index in [1.54, 1.807) is 18.6 Å². The molecule has 0 aliphatic carbocycles. The molecule has 152 valence electrons. The second-order valence-corrected chi connectivity index (χ2v) is 7.23. The zero-order valence-corrected chi connectivity index (χ0v) is 16.7. The molecule has 30 heavy (non-hydrogen) atoms. The fourth-order valence-corrected chi connectivity index (χ4v) is 3.41. The van der Waals surface area contributed by atoms with Gasteiger partial charge in [0.1, 0.15) is 5.82 Å². The number of H-pyrrole nitrogens is 1. The summed E-state index contributed by atoms with van der Waals surface area (Å²) in [6, 6.07) is 15.2. The standard InChI is InChI=1S/C23H23N5O2/c1-16(17-9-11-18(12-10-17)28-14-13-24-15-28)25-22(29)8-4-7-21-26-20-6-3-2-5-19(20)23(30)27-21/h2-3,5-6,9-16H,4,7-8H2,1H3,(H,25,29)(H,26,27,30). The number of para-hydroxylation sites is 1. The molecule has 7 nitrogen and oxygen atoms in total. The molecule has 0 aliphatic rings. The molecule has 4 aromatic rings. The Kier molecular flexibility index (Phi) is 5.70. The van der Waals surface area contributed by atoms with E-state index in [1.807, 2.05) is 60.2 Å². The number of benzene rings is 2. The average Bonchev–Trinajstić information content (AvgIpc) is 3.29. The number of aryl methyl sites for hydroxylation is 1. The smallest absolute Gasteiger partial charge is 0.258 e. The minimum absolute atomic E-state index is 0.0238. The molecule has 0 aliphatic heterocycles. The molecule has 0 bridgehead atoms. The molecule has 0 saturated carbocycles. The van der Waals surface area contributed by atoms with Gasteiger partial charge in [0, 0.05) is 30.9 Å². The highest BCUT2D eigenvalue weighted by Gasteiger charge is 2.10. The van der Waals surface area contributed by atoms with Gasteiger partial charge in [0.25, 0.3) is 5.56 Å². The third-order valence-corrected chi connectivity index (χ3v) is 5.05. The minimum Gasteiger partial charge on any atom is -0.350 e. The van der Waals surface area contributed by atoms with Crippen LogP contribution in [-0.2, 0) is 11.2 Å². The van der Waals surface area contributed by atoms with Gasteiger partial charge in [-0.1, -0.05) is 24.3 Å². The van der Waals surface area contributed by atoms with Crippen LogP contribution in [0.5, 0.6) is 0 Å². The average molecular weight is 401 g/mol. The first-order chi connectivity index (χ1) is 14.6. The van der Waals surface area contributed by atoms with Crippen LogP contribution in [0.2, 0.25) is 0 Å². The lowest BCUT2D eigenvalue weighted by molar-refractivity contribution is -0.121. The van der Waals surface area contributed by atoms with Crippen molar-refractivity contribution in [2.75, 3.05) is 0 Å². The fraction of sp³-hybridized carbons (Fsp3) is 0.217. The molecule has 1 amide bonds. The van der Waals surface area contributed by atoms with Gasteiger partial charge in [-0.15, -0.1) is 0 Å². The molecular weight excluding hydrogens is 378 g/mol. The number of hydrogen-bond donors (Lipinski definition) is 2. The van der Waals surface area contributed by atoms with Crippen molar-refractivity contribution in [2.24, 2.45) is 0 Å². The second kappa shape index (κ2) is 8.73. The zero-order chi connectivity index (χ0) is 20.9. The summed E-state index contributed by atoms with van der Waals surface area (Å²) in [5, 5.41) is 3.60. The van der Waals surface area contributed by atoms with E-state index in [9.17, 15) is 9.59 Å². The number of carbonyl (C=O) groups excluding carboxylic acids is 1. The molecular formula is C23H23N5O2. The third-order valence-electron chi connectivity index (χ3n) is 5.05. The minimum atomic E-state index is -0.146. The Hall–Kier alpha value is -3.74. The molecule has 7 heteroatoms. The third kappa shape index (κ3) is 4.46. The molecule has 0 fully saturated rings. The monoisotopic (exact) mass is 401 g/mol. The Morgan fingerprint density at radius 2 is 1.97 bits per heavy atom. The molecule has 2 aromatic carbocycles. The van der Waals surface area contributed by atoms with E-state index in [4.69, 9.17) is 0 Å². The highest BCUT2D eigenvalue weighted by Crippen LogP contribution is 2.16. The fourth-order valence-electron chi connectivity index (χ4n) is 3.41. The van der Waals surface area contributed by atoms with Crippen LogP contribution in [0.3, 0.4) is 0 Å². The Morgan fingerprint density at radius 1 is 1.17 bits per heavy atom. The molecule has 0 spiro atoms. The summed E-state index contributed by atoms with van der Waals surface area (Å²) in [6.07, 6.45) is 6.89. The summed E-state index contributed by atoms with van der Waals surface area (Å²) in [5.41, 5.74) is 2.58. The van der Waals surface area contributed by atoms with Gasteiger partial charge in [0.15, 0.2) is 0 Å². The number of nitrogens with zero attached hydrogens (tertiary/aromatic N) is 3. The Morgan fingerprint density at radius 3 is 2.73 bits per heavy atom. The Balaban J connectivity index is 1.30. The number of imidazole rings is 1. The van der Waals surface area contributed by atoms with Gasteiger partial charge in [-0.05, 0) is 43.2 Å². The van der Waals surface area contributed by atoms with E-state index < -0.39 is 0 Å². The summed E-state index contributed by atoms with van der Waals surface area (Å²) in [4.78, 5) is 35.8. The van der Waals surface area contributed by atoms with E-state index in [-0.39, 0.29) is 17.5 Å². The number of carbonyl (C=O) groups is 1. The lowest BCUT2D eigenvalue weighted by atomic mass is 10.1. The van der Waals surface area contributed by atoms with E-state index >= 15 is 0 Å². The van der Waals surface area contributed by atoms with Crippen molar-refractivity contribution in [2.45, 2.75) is 32.2 Å². The lowest BCUT2D eigenvalue weighted by Gasteiger charge is -2.15. The van der Waals surface area contributed by atoms with Gasteiger partial charge in [-0.2, -0.15) is 0 Å². The van der Waals surface area contributed by atoms with Crippen molar-refractivity contribution in [3.8, 4) is 5.69 Å². The quantitative estimate of drug-likeness (QED) is 0.497. The van der Waals surface area contributed by atoms with E-state index in [0.29, 0.717) is 36.0 Å². The molecule has 0 radical (unpaired) electrons. The van der Waals surface area contributed by atoms with Gasteiger partial charge >= 0.3 is 0 Å². The summed E-state index contributed by atoms with van der Waals surface area (Å²) < 4.78 is 1.93. The van der Waals surface area contributed by atoms with Crippen LogP contribution in [0.25, 0.3) is 16.6 Å². The van der Waals surface area contributed by atoms with Crippen LogP contribution in [0, 0.1) is 0 Å². The predicted molar refractivity (Wildman–Crippen MR) is 115 cm³/mol. The van der Waals surface area contributed by atoms with Crippen LogP contribution in [0.15, 0.2) is 72.0 Å². The van der Waals surface area contributed by atoms with Crippen LogP contribution in [-0.4, -0.2) is 25.4 Å². The number of rotatable bonds is 7. The number of amides is 1. The summed E-state index contributed by atoms with van der Waals surface area (Å²) in [7, 11) is 0. The Bertz CT molecular complexity index is 1200. The first-order valence-corrected chi connectivity index (χ1v) is 9.96. The van der Waals surface area contributed by atoms with Crippen molar-refractivity contribution < 1.29 is 4.79 Å². The lowest BCUT2D eigenvalue weighted by Crippen LogP contribution is -2.26. The second-order valence-electron chi connectivity index (χ2n) is 7.23. The van der Waals surface area contributed by atoms with Gasteiger partial charge in [0.2, 0.25) is 5.91 Å². The largest absolute Gasteiger partial charge is 0.350 e. The molecule has 1 atom stereocenters. The van der Waals surface area contributed by atoms with E-state index in [2.05, 4.69) is 20.3 Å². The van der Waals surface area contributed by atoms with Gasteiger partial charge in [-0.3, -0.25) is 9.59 Å². The highest BCUT2D eigenvalue weighted by atomic mass is 16.1. The van der Waals surface area contributed by atoms with Crippen molar-refractivity contribution in [1.82, 2.24) is 24.8 Å². The van der Waals surface area contributed by atoms with Crippen molar-refractivity contribution >= 4 is 16.8 Å². The molecule has 0 saturated heterocycles. The maximum absolute atomic E-state index is 12.3. The maximum atomic E-state index is 12.3. The van der Waals surface area contributed by atoms with Crippen LogP contribution >= 0.6 is 0 Å². The van der Waals surface area contributed by atoms with Gasteiger partial charge < -0.3 is 14.9 Å². The van der Waals surface area contributed by atoms with Crippen molar-refractivity contribution in [3.05, 3.63) is 89.0 Å². The van der Waals surface area contributed by atoms with Crippen LogP contribution < -0.4 is 10.9 Å². The first-order valence-electron chi connectivity index (χ1n) is 9.96. The number of nitrogens with one attached hydrogen (secondary N) is 2. The summed E-state index contributed by atoms with van der Waals surface area (Å²) in [5.74, 6) is 0.582. The topological polar surface area (TPSA) is 92.7 Å². The van der Waals surface area contributed by atoms with Crippen LogP contribution in [0.1, 0.15) is 37.2 Å². The van der Waals surface area contributed by atoms with Gasteiger partial charge in [0.05, 0.1) is 23.3 Å². The normalized spacial score (nSPS) is 12.0. The van der Waals surface area contributed by atoms with E-state index in [0.717, 1.165) is 11.3 Å². The van der Waals surface area contributed by atoms with E-state index in [1.165, 1.54) is 0 Å². The summed E-state index contributed by atoms with van der Waals surface area (Å²) >= 11 is 0. The number of aromatic amines is 1. The molecule has 2 heterocycles. The zero-order valence-electron chi connectivity index (χ0n) is 16.7. The SMILES string of the molecule is CC(NC(=O)CCCc1nc2ccccc2c(=O)[nH]1)c1ccc(-n2ccnc2)cc1. The van der Waals surface area contributed by atoms with Crippen LogP contribution in [0.4, 0.5) is 0 Å². The van der Waals surface area contributed by atoms with Gasteiger partial charge in [-0.25, -0.2) is 9.97 Å². The number of aromatic nitrogens is 4. The molecule has 2 N–H and O–H groups in total. The number of fused-ring (bicyclic) bond motifs is 1. The number of hydrogen-bond acceptors (Lipinski definition) is 4. The molecule has 2 aromatic heterocycles. The first kappa shape index (κ1) is 19.6. The van der Waals surface area contributed by atoms with Crippen molar-refractivity contribution in [3.63, 3.8) is 0 Å². The predicted octanol–water partition coefficient (Wildman–Crippen LogP) is 3.31. The highest BCUT2D eigenvalue weighted by molar-refractivity contribution is 5.77. The summed E-state index contributed by atoms with van der Waals surface area (Å²) in [6.45, 7) is 1.96. The maximum Gasteiger partial charge on any atom is 0.258 e. The van der Waals surface area contributed by atoms with Crippen molar-refractivity contribution in [1.29, 1.82) is 0 Å². The molecule has 4 rings (SSSR count). The molecule has 1 unspecified atom stereocenters.